The summed E-state index contributed by atoms with van der Waals surface area (Å²) in [6, 6.07) is 3.10. The number of hydrogen-bond donors (Lipinski definition) is 2. The first-order chi connectivity index (χ1) is 9.35. The standard InChI is InChI=1S/C12H18N2O4S2/c1-18-12(5-2-6-12)7-10(15)14-8-9-3-4-11(19-9)20(13,16)17/h3-4H,2,5-8H2,1H3,(H,14,15)(H2,13,16,17). The molecular weight excluding hydrogens is 300 g/mol. The lowest BCUT2D eigenvalue weighted by molar-refractivity contribution is -0.134. The summed E-state index contributed by atoms with van der Waals surface area (Å²) in [5.74, 6) is -0.0860. The predicted octanol–water partition coefficient (Wildman–Crippen LogP) is 0.971. The van der Waals surface area contributed by atoms with Gasteiger partial charge in [-0.3, -0.25) is 4.79 Å². The van der Waals surface area contributed by atoms with Crippen LogP contribution in [0.15, 0.2) is 16.3 Å². The number of nitrogens with one attached hydrogen (secondary N) is 1. The highest BCUT2D eigenvalue weighted by molar-refractivity contribution is 7.91. The Morgan fingerprint density at radius 1 is 1.50 bits per heavy atom. The lowest BCUT2D eigenvalue weighted by atomic mass is 9.77. The van der Waals surface area contributed by atoms with E-state index in [2.05, 4.69) is 5.32 Å². The molecule has 0 bridgehead atoms. The van der Waals surface area contributed by atoms with Crippen molar-refractivity contribution in [1.29, 1.82) is 0 Å². The molecule has 1 aliphatic carbocycles. The van der Waals surface area contributed by atoms with Crippen LogP contribution in [0.3, 0.4) is 0 Å². The van der Waals surface area contributed by atoms with Gasteiger partial charge in [-0.25, -0.2) is 13.6 Å². The van der Waals surface area contributed by atoms with Crippen LogP contribution in [0.1, 0.15) is 30.6 Å². The first-order valence-electron chi connectivity index (χ1n) is 6.28. The molecule has 1 fully saturated rings. The molecule has 1 heterocycles. The molecule has 0 atom stereocenters. The number of ether oxygens (including phenoxy) is 1. The van der Waals surface area contributed by atoms with E-state index in [-0.39, 0.29) is 15.7 Å². The summed E-state index contributed by atoms with van der Waals surface area (Å²) >= 11 is 1.07. The summed E-state index contributed by atoms with van der Waals surface area (Å²) in [4.78, 5) is 12.6. The second kappa shape index (κ2) is 5.80. The molecule has 3 N–H and O–H groups in total. The van der Waals surface area contributed by atoms with Gasteiger partial charge in [0.2, 0.25) is 15.9 Å². The molecule has 1 aromatic rings. The highest BCUT2D eigenvalue weighted by atomic mass is 32.2. The van der Waals surface area contributed by atoms with Crippen molar-refractivity contribution < 1.29 is 17.9 Å². The van der Waals surface area contributed by atoms with Crippen molar-refractivity contribution in [1.82, 2.24) is 5.32 Å². The number of sulfonamides is 1. The van der Waals surface area contributed by atoms with Crippen LogP contribution in [-0.4, -0.2) is 27.0 Å². The Balaban J connectivity index is 1.86. The zero-order valence-corrected chi connectivity index (χ0v) is 12.9. The van der Waals surface area contributed by atoms with Gasteiger partial charge < -0.3 is 10.1 Å². The number of hydrogen-bond acceptors (Lipinski definition) is 5. The third kappa shape index (κ3) is 3.57. The van der Waals surface area contributed by atoms with E-state index in [1.807, 2.05) is 0 Å². The fourth-order valence-electron chi connectivity index (χ4n) is 2.17. The fourth-order valence-corrected chi connectivity index (χ4v) is 3.89. The average Bonchev–Trinajstić information content (AvgIpc) is 2.80. The van der Waals surface area contributed by atoms with Gasteiger partial charge in [-0.2, -0.15) is 0 Å². The monoisotopic (exact) mass is 318 g/mol. The topological polar surface area (TPSA) is 98.5 Å². The molecule has 0 saturated heterocycles. The van der Waals surface area contributed by atoms with Gasteiger partial charge in [0.15, 0.2) is 0 Å². The van der Waals surface area contributed by atoms with E-state index >= 15 is 0 Å². The van der Waals surface area contributed by atoms with E-state index in [1.165, 1.54) is 6.07 Å². The van der Waals surface area contributed by atoms with Crippen LogP contribution in [0, 0.1) is 0 Å². The number of primary sulfonamides is 1. The number of nitrogens with two attached hydrogens (primary N) is 1. The molecule has 6 nitrogen and oxygen atoms in total. The average molecular weight is 318 g/mol. The highest BCUT2D eigenvalue weighted by Gasteiger charge is 2.38. The Bertz CT molecular complexity index is 585. The molecule has 1 saturated carbocycles. The Morgan fingerprint density at radius 2 is 2.20 bits per heavy atom. The van der Waals surface area contributed by atoms with E-state index in [1.54, 1.807) is 13.2 Å². The lowest BCUT2D eigenvalue weighted by Crippen LogP contribution is -2.43. The summed E-state index contributed by atoms with van der Waals surface area (Å²) in [6.07, 6.45) is 3.25. The number of amides is 1. The van der Waals surface area contributed by atoms with Gasteiger partial charge in [0.05, 0.1) is 18.6 Å². The van der Waals surface area contributed by atoms with Crippen molar-refractivity contribution in [3.63, 3.8) is 0 Å². The van der Waals surface area contributed by atoms with Crippen molar-refractivity contribution in [3.05, 3.63) is 17.0 Å². The van der Waals surface area contributed by atoms with Crippen LogP contribution in [0.2, 0.25) is 0 Å². The van der Waals surface area contributed by atoms with Crippen LogP contribution in [0.25, 0.3) is 0 Å². The van der Waals surface area contributed by atoms with E-state index in [0.29, 0.717) is 13.0 Å². The third-order valence-electron chi connectivity index (χ3n) is 3.56. The molecular formula is C12H18N2O4S2. The van der Waals surface area contributed by atoms with E-state index in [4.69, 9.17) is 9.88 Å². The number of methoxy groups -OCH3 is 1. The number of thiophene rings is 1. The lowest BCUT2D eigenvalue weighted by Gasteiger charge is -2.39. The molecule has 0 radical (unpaired) electrons. The number of carbonyl (C=O) groups is 1. The van der Waals surface area contributed by atoms with Crippen LogP contribution in [0.4, 0.5) is 0 Å². The Labute approximate surface area is 122 Å². The molecule has 20 heavy (non-hydrogen) atoms. The van der Waals surface area contributed by atoms with Crippen LogP contribution >= 0.6 is 11.3 Å². The SMILES string of the molecule is COC1(CC(=O)NCc2ccc(S(N)(=O)=O)s2)CCC1. The Kier molecular flexibility index (Phi) is 4.48. The summed E-state index contributed by atoms with van der Waals surface area (Å²) in [6.45, 7) is 0.304. The summed E-state index contributed by atoms with van der Waals surface area (Å²) in [7, 11) is -2.03. The van der Waals surface area contributed by atoms with Gasteiger partial charge in [0.1, 0.15) is 4.21 Å². The van der Waals surface area contributed by atoms with Gasteiger partial charge in [-0.1, -0.05) is 0 Å². The minimum Gasteiger partial charge on any atom is -0.378 e. The minimum atomic E-state index is -3.66. The predicted molar refractivity (Wildman–Crippen MR) is 75.7 cm³/mol. The van der Waals surface area contributed by atoms with Crippen molar-refractivity contribution in [2.24, 2.45) is 5.14 Å². The van der Waals surface area contributed by atoms with E-state index < -0.39 is 10.0 Å². The Hall–Kier alpha value is -0.960. The molecule has 0 aromatic carbocycles. The molecule has 1 aliphatic rings. The van der Waals surface area contributed by atoms with Gasteiger partial charge >= 0.3 is 0 Å². The Morgan fingerprint density at radius 3 is 2.65 bits per heavy atom. The molecule has 0 spiro atoms. The van der Waals surface area contributed by atoms with Gasteiger partial charge in [-0.05, 0) is 31.4 Å². The normalized spacial score (nSPS) is 17.5. The maximum atomic E-state index is 11.9. The van der Waals surface area contributed by atoms with Crippen molar-refractivity contribution in [3.8, 4) is 0 Å². The van der Waals surface area contributed by atoms with Crippen molar-refractivity contribution in [2.75, 3.05) is 7.11 Å². The first-order valence-corrected chi connectivity index (χ1v) is 8.64. The molecule has 0 aliphatic heterocycles. The maximum absolute atomic E-state index is 11.9. The number of carbonyl (C=O) groups excluding carboxylic acids is 1. The van der Waals surface area contributed by atoms with Gasteiger partial charge in [0.25, 0.3) is 0 Å². The largest absolute Gasteiger partial charge is 0.378 e. The zero-order chi connectivity index (χ0) is 14.8. The summed E-state index contributed by atoms with van der Waals surface area (Å²) in [5.41, 5.74) is -0.300. The second-order valence-electron chi connectivity index (χ2n) is 4.96. The number of rotatable bonds is 6. The van der Waals surface area contributed by atoms with Crippen molar-refractivity contribution in [2.45, 2.75) is 42.0 Å². The van der Waals surface area contributed by atoms with Crippen molar-refractivity contribution >= 4 is 27.3 Å². The second-order valence-corrected chi connectivity index (χ2v) is 7.92. The summed E-state index contributed by atoms with van der Waals surface area (Å²) < 4.78 is 27.8. The zero-order valence-electron chi connectivity index (χ0n) is 11.2. The molecule has 2 rings (SSSR count). The molecule has 0 unspecified atom stereocenters. The molecule has 1 aromatic heterocycles. The molecule has 1 amide bonds. The summed E-state index contributed by atoms with van der Waals surface area (Å²) in [5, 5.41) is 7.81. The first kappa shape index (κ1) is 15.4. The fraction of sp³-hybridized carbons (Fsp3) is 0.583. The van der Waals surface area contributed by atoms with Crippen LogP contribution < -0.4 is 10.5 Å². The van der Waals surface area contributed by atoms with Gasteiger partial charge in [-0.15, -0.1) is 11.3 Å². The van der Waals surface area contributed by atoms with E-state index in [0.717, 1.165) is 35.5 Å². The molecule has 8 heteroatoms. The van der Waals surface area contributed by atoms with Crippen LogP contribution in [0.5, 0.6) is 0 Å². The minimum absolute atomic E-state index is 0.0860. The van der Waals surface area contributed by atoms with Gasteiger partial charge in [0, 0.05) is 12.0 Å². The smallest absolute Gasteiger partial charge is 0.247 e. The maximum Gasteiger partial charge on any atom is 0.247 e. The highest BCUT2D eigenvalue weighted by Crippen LogP contribution is 2.37. The third-order valence-corrected chi connectivity index (χ3v) is 6.08. The quantitative estimate of drug-likeness (QED) is 0.816. The van der Waals surface area contributed by atoms with Crippen LogP contribution in [-0.2, 0) is 26.1 Å². The molecule has 112 valence electrons. The van der Waals surface area contributed by atoms with E-state index in [9.17, 15) is 13.2 Å².